The molecule has 0 aliphatic heterocycles. The molecule has 160 valence electrons. The molecule has 0 aliphatic rings. The first-order chi connectivity index (χ1) is 15.2. The topological polar surface area (TPSA) is 88.5 Å². The van der Waals surface area contributed by atoms with Crippen LogP contribution in [0.15, 0.2) is 61.6 Å². The van der Waals surface area contributed by atoms with Crippen molar-refractivity contribution in [3.63, 3.8) is 0 Å². The maximum atomic E-state index is 13.3. The average molecular weight is 436 g/mol. The lowest BCUT2D eigenvalue weighted by Gasteiger charge is -2.16. The fourth-order valence-corrected chi connectivity index (χ4v) is 3.32. The molecule has 0 fully saturated rings. The van der Waals surface area contributed by atoms with Gasteiger partial charge < -0.3 is 5.32 Å². The minimum absolute atomic E-state index is 0.287. The first-order valence-electron chi connectivity index (χ1n) is 9.27. The van der Waals surface area contributed by atoms with E-state index in [1.165, 1.54) is 18.2 Å². The lowest BCUT2D eigenvalue weighted by molar-refractivity contribution is -0.0686. The average Bonchev–Trinajstić information content (AvgIpc) is 3.37. The minimum atomic E-state index is -4.79. The Bertz CT molecular complexity index is 1410. The molecule has 0 saturated heterocycles. The standard InChI is InChI=1S/C22H15F3N6O/c1-13(22(23,24)25)20-14(9-26)4-3-5-18(20)21(32)29-16-7-6-15-10-28-31(19(15)8-16)17-11-27-30(2)12-17/h3-8,10-12H,1H2,2H3,(H,29,32). The molecule has 0 spiro atoms. The van der Waals surface area contributed by atoms with Crippen molar-refractivity contribution in [2.75, 3.05) is 5.32 Å². The van der Waals surface area contributed by atoms with Gasteiger partial charge in [0.1, 0.15) is 5.69 Å². The fraction of sp³-hybridized carbons (Fsp3) is 0.0909. The number of alkyl halides is 3. The van der Waals surface area contributed by atoms with Gasteiger partial charge in [-0.25, -0.2) is 4.68 Å². The molecule has 2 heterocycles. The number of nitrogens with zero attached hydrogens (tertiary/aromatic N) is 5. The molecule has 0 saturated carbocycles. The van der Waals surface area contributed by atoms with Gasteiger partial charge in [-0.05, 0) is 30.3 Å². The molecule has 7 nitrogen and oxygen atoms in total. The molecule has 10 heteroatoms. The smallest absolute Gasteiger partial charge is 0.322 e. The highest BCUT2D eigenvalue weighted by molar-refractivity contribution is 6.08. The van der Waals surface area contributed by atoms with Crippen molar-refractivity contribution in [2.45, 2.75) is 6.18 Å². The van der Waals surface area contributed by atoms with Crippen LogP contribution in [0.2, 0.25) is 0 Å². The third-order valence-corrected chi connectivity index (χ3v) is 4.84. The molecule has 0 radical (unpaired) electrons. The van der Waals surface area contributed by atoms with Crippen LogP contribution in [0.3, 0.4) is 0 Å². The highest BCUT2D eigenvalue weighted by Crippen LogP contribution is 2.36. The number of carbonyl (C=O) groups is 1. The SMILES string of the molecule is C=C(c1c(C#N)cccc1C(=O)Nc1ccc2cnn(-c3cnn(C)c3)c2c1)C(F)(F)F. The Labute approximate surface area is 180 Å². The lowest BCUT2D eigenvalue weighted by atomic mass is 9.94. The van der Waals surface area contributed by atoms with E-state index >= 15 is 0 Å². The number of nitriles is 1. The van der Waals surface area contributed by atoms with Gasteiger partial charge in [0.05, 0.1) is 41.3 Å². The van der Waals surface area contributed by atoms with Crippen LogP contribution in [0.4, 0.5) is 18.9 Å². The van der Waals surface area contributed by atoms with E-state index < -0.39 is 23.2 Å². The van der Waals surface area contributed by atoms with E-state index in [0.717, 1.165) is 5.39 Å². The van der Waals surface area contributed by atoms with Gasteiger partial charge in [0.2, 0.25) is 0 Å². The number of rotatable bonds is 4. The second-order valence-corrected chi connectivity index (χ2v) is 6.97. The number of fused-ring (bicyclic) bond motifs is 1. The molecule has 1 amide bonds. The maximum Gasteiger partial charge on any atom is 0.416 e. The van der Waals surface area contributed by atoms with Gasteiger partial charge in [-0.1, -0.05) is 12.6 Å². The number of hydrogen-bond donors (Lipinski definition) is 1. The Balaban J connectivity index is 1.72. The maximum absolute atomic E-state index is 13.3. The second kappa shape index (κ2) is 7.70. The molecule has 32 heavy (non-hydrogen) atoms. The van der Waals surface area contributed by atoms with E-state index in [0.29, 0.717) is 16.9 Å². The molecular weight excluding hydrogens is 421 g/mol. The van der Waals surface area contributed by atoms with Crippen molar-refractivity contribution >= 4 is 28.1 Å². The van der Waals surface area contributed by atoms with Crippen molar-refractivity contribution in [3.8, 4) is 11.8 Å². The van der Waals surface area contributed by atoms with E-state index in [9.17, 15) is 23.2 Å². The zero-order valence-corrected chi connectivity index (χ0v) is 16.7. The number of halogens is 3. The number of hydrogen-bond acceptors (Lipinski definition) is 4. The summed E-state index contributed by atoms with van der Waals surface area (Å²) in [5, 5.41) is 21.1. The Morgan fingerprint density at radius 2 is 1.97 bits per heavy atom. The van der Waals surface area contributed by atoms with Gasteiger partial charge in [0, 0.05) is 29.2 Å². The number of benzene rings is 2. The highest BCUT2D eigenvalue weighted by atomic mass is 19.4. The van der Waals surface area contributed by atoms with Crippen molar-refractivity contribution in [3.05, 3.63) is 78.3 Å². The number of anilines is 1. The summed E-state index contributed by atoms with van der Waals surface area (Å²) in [7, 11) is 1.77. The van der Waals surface area contributed by atoms with Gasteiger partial charge in [-0.2, -0.15) is 28.6 Å². The number of aromatic nitrogens is 4. The molecule has 0 atom stereocenters. The van der Waals surface area contributed by atoms with Crippen LogP contribution in [0.1, 0.15) is 21.5 Å². The molecule has 1 N–H and O–H groups in total. The second-order valence-electron chi connectivity index (χ2n) is 6.97. The van der Waals surface area contributed by atoms with Gasteiger partial charge >= 0.3 is 6.18 Å². The number of carbonyl (C=O) groups excluding carboxylic acids is 1. The summed E-state index contributed by atoms with van der Waals surface area (Å²) in [6.45, 7) is 3.06. The first kappa shape index (κ1) is 20.9. The molecule has 4 rings (SSSR count). The number of amides is 1. The number of aryl methyl sites for hydroxylation is 1. The predicted octanol–water partition coefficient (Wildman–Crippen LogP) is 4.46. The molecule has 2 aromatic carbocycles. The van der Waals surface area contributed by atoms with Gasteiger partial charge in [0.15, 0.2) is 0 Å². The van der Waals surface area contributed by atoms with Crippen LogP contribution in [-0.2, 0) is 7.05 Å². The Kier molecular flexibility index (Phi) is 5.02. The Morgan fingerprint density at radius 1 is 1.19 bits per heavy atom. The van der Waals surface area contributed by atoms with Crippen molar-refractivity contribution < 1.29 is 18.0 Å². The largest absolute Gasteiger partial charge is 0.416 e. The van der Waals surface area contributed by atoms with Crippen LogP contribution >= 0.6 is 0 Å². The van der Waals surface area contributed by atoms with Crippen LogP contribution in [0, 0.1) is 11.3 Å². The third-order valence-electron chi connectivity index (χ3n) is 4.84. The number of allylic oxidation sites excluding steroid dienone is 1. The lowest BCUT2D eigenvalue weighted by Crippen LogP contribution is -2.19. The Hall–Kier alpha value is -4.39. The van der Waals surface area contributed by atoms with E-state index in [2.05, 4.69) is 22.1 Å². The van der Waals surface area contributed by atoms with Crippen LogP contribution < -0.4 is 5.32 Å². The first-order valence-corrected chi connectivity index (χ1v) is 9.27. The molecular formula is C22H15F3N6O. The van der Waals surface area contributed by atoms with Gasteiger partial charge in [0.25, 0.3) is 5.91 Å². The summed E-state index contributed by atoms with van der Waals surface area (Å²) in [5.74, 6) is -0.797. The molecule has 0 unspecified atom stereocenters. The zero-order chi connectivity index (χ0) is 23.0. The van der Waals surface area contributed by atoms with Crippen molar-refractivity contribution in [1.82, 2.24) is 19.6 Å². The molecule has 2 aromatic heterocycles. The van der Waals surface area contributed by atoms with Crippen molar-refractivity contribution in [1.29, 1.82) is 5.26 Å². The van der Waals surface area contributed by atoms with E-state index in [1.807, 2.05) is 0 Å². The van der Waals surface area contributed by atoms with Crippen LogP contribution in [-0.4, -0.2) is 31.6 Å². The van der Waals surface area contributed by atoms with Crippen LogP contribution in [0.5, 0.6) is 0 Å². The van der Waals surface area contributed by atoms with Crippen LogP contribution in [0.25, 0.3) is 22.2 Å². The molecule has 0 aliphatic carbocycles. The Morgan fingerprint density at radius 3 is 2.62 bits per heavy atom. The zero-order valence-electron chi connectivity index (χ0n) is 16.7. The normalized spacial score (nSPS) is 11.3. The monoisotopic (exact) mass is 436 g/mol. The quantitative estimate of drug-likeness (QED) is 0.512. The fourth-order valence-electron chi connectivity index (χ4n) is 3.32. The summed E-state index contributed by atoms with van der Waals surface area (Å²) in [5.41, 5.74) is -0.666. The third kappa shape index (κ3) is 3.72. The summed E-state index contributed by atoms with van der Waals surface area (Å²) in [6, 6.07) is 10.5. The summed E-state index contributed by atoms with van der Waals surface area (Å²) in [4.78, 5) is 12.9. The van der Waals surface area contributed by atoms with Gasteiger partial charge in [-0.3, -0.25) is 9.48 Å². The van der Waals surface area contributed by atoms with Gasteiger partial charge in [-0.15, -0.1) is 0 Å². The summed E-state index contributed by atoms with van der Waals surface area (Å²) >= 11 is 0. The summed E-state index contributed by atoms with van der Waals surface area (Å²) < 4.78 is 43.2. The van der Waals surface area contributed by atoms with E-state index in [-0.39, 0.29) is 11.1 Å². The summed E-state index contributed by atoms with van der Waals surface area (Å²) in [6.07, 6.45) is 0.243. The van der Waals surface area contributed by atoms with E-state index in [4.69, 9.17) is 0 Å². The number of nitrogens with one attached hydrogen (secondary N) is 1. The molecule has 0 bridgehead atoms. The minimum Gasteiger partial charge on any atom is -0.322 e. The molecule has 4 aromatic rings. The predicted molar refractivity (Wildman–Crippen MR) is 112 cm³/mol. The van der Waals surface area contributed by atoms with E-state index in [1.54, 1.807) is 59.3 Å². The highest BCUT2D eigenvalue weighted by Gasteiger charge is 2.36. The van der Waals surface area contributed by atoms with Crippen molar-refractivity contribution in [2.24, 2.45) is 7.05 Å².